The van der Waals surface area contributed by atoms with Crippen LogP contribution in [0.15, 0.2) is 11.4 Å². The van der Waals surface area contributed by atoms with Crippen molar-refractivity contribution in [3.8, 4) is 0 Å². The monoisotopic (exact) mass is 320 g/mol. The molecule has 2 N–H and O–H groups in total. The topological polar surface area (TPSA) is 80.5 Å². The molecule has 0 radical (unpaired) electrons. The second-order valence-electron chi connectivity index (χ2n) is 7.18. The highest BCUT2D eigenvalue weighted by Gasteiger charge is 2.66. The molecule has 0 spiro atoms. The standard InChI is InChI=1S/C16H20N2O3S/c1-9(19)11-4-10(6-22-11)13(20)18-5-12-15(2,3)7-16(12,8-18)14(17)21/h4,6,12H,5,7-8H2,1-3H3,(H2,17,21)/t12-,16+/m1/s1. The van der Waals surface area contributed by atoms with Gasteiger partial charge in [-0.1, -0.05) is 13.8 Å². The number of amides is 2. The summed E-state index contributed by atoms with van der Waals surface area (Å²) in [6.07, 6.45) is 0.728. The first-order valence-electron chi connectivity index (χ1n) is 7.36. The van der Waals surface area contributed by atoms with Crippen molar-refractivity contribution in [3.63, 3.8) is 0 Å². The highest BCUT2D eigenvalue weighted by molar-refractivity contribution is 7.12. The molecule has 1 saturated carbocycles. The number of hydrogen-bond donors (Lipinski definition) is 1. The van der Waals surface area contributed by atoms with E-state index in [0.29, 0.717) is 23.5 Å². The predicted molar refractivity (Wildman–Crippen MR) is 83.7 cm³/mol. The average Bonchev–Trinajstić information content (AvgIpc) is 3.01. The number of nitrogens with two attached hydrogens (primary N) is 1. The first-order chi connectivity index (χ1) is 10.2. The SMILES string of the molecule is CC(=O)c1cc(C(=O)N2C[C@@H]3C(C)(C)C[C@]3(C(N)=O)C2)cs1. The van der Waals surface area contributed by atoms with Crippen LogP contribution in [0.4, 0.5) is 0 Å². The molecule has 118 valence electrons. The fourth-order valence-corrected chi connectivity index (χ4v) is 4.98. The third-order valence-electron chi connectivity index (χ3n) is 5.23. The van der Waals surface area contributed by atoms with Crippen molar-refractivity contribution in [2.24, 2.45) is 22.5 Å². The zero-order chi connectivity index (χ0) is 16.3. The molecule has 1 aromatic heterocycles. The number of primary amides is 1. The van der Waals surface area contributed by atoms with Crippen molar-refractivity contribution in [2.45, 2.75) is 27.2 Å². The molecule has 0 bridgehead atoms. The number of hydrogen-bond acceptors (Lipinski definition) is 4. The highest BCUT2D eigenvalue weighted by atomic mass is 32.1. The number of carbonyl (C=O) groups excluding carboxylic acids is 3. The van der Waals surface area contributed by atoms with Crippen molar-refractivity contribution in [1.82, 2.24) is 4.90 Å². The Bertz CT molecular complexity index is 679. The summed E-state index contributed by atoms with van der Waals surface area (Å²) < 4.78 is 0. The molecule has 2 aliphatic rings. The summed E-state index contributed by atoms with van der Waals surface area (Å²) in [7, 11) is 0. The Balaban J connectivity index is 1.83. The third-order valence-corrected chi connectivity index (χ3v) is 6.26. The summed E-state index contributed by atoms with van der Waals surface area (Å²) in [5.74, 6) is -0.343. The minimum Gasteiger partial charge on any atom is -0.369 e. The molecular formula is C16H20N2O3S. The predicted octanol–water partition coefficient (Wildman–Crippen LogP) is 1.92. The number of thiophene rings is 1. The summed E-state index contributed by atoms with van der Waals surface area (Å²) in [6, 6.07) is 1.64. The van der Waals surface area contributed by atoms with Gasteiger partial charge in [-0.15, -0.1) is 11.3 Å². The third kappa shape index (κ3) is 2.00. The van der Waals surface area contributed by atoms with Crippen molar-refractivity contribution in [2.75, 3.05) is 13.1 Å². The van der Waals surface area contributed by atoms with Gasteiger partial charge >= 0.3 is 0 Å². The van der Waals surface area contributed by atoms with E-state index >= 15 is 0 Å². The normalized spacial score (nSPS) is 28.9. The Morgan fingerprint density at radius 1 is 1.36 bits per heavy atom. The molecule has 1 saturated heterocycles. The van der Waals surface area contributed by atoms with E-state index < -0.39 is 5.41 Å². The summed E-state index contributed by atoms with van der Waals surface area (Å²) in [5, 5.41) is 1.71. The van der Waals surface area contributed by atoms with Crippen LogP contribution in [-0.2, 0) is 4.79 Å². The van der Waals surface area contributed by atoms with E-state index in [9.17, 15) is 14.4 Å². The van der Waals surface area contributed by atoms with Gasteiger partial charge in [0.1, 0.15) is 0 Å². The molecule has 1 aliphatic carbocycles. The van der Waals surface area contributed by atoms with E-state index in [1.807, 2.05) is 0 Å². The average molecular weight is 320 g/mol. The number of ketones is 1. The van der Waals surface area contributed by atoms with Crippen molar-refractivity contribution < 1.29 is 14.4 Å². The fourth-order valence-electron chi connectivity index (χ4n) is 4.20. The minimum absolute atomic E-state index is 0.0310. The van der Waals surface area contributed by atoms with Gasteiger partial charge in [0.15, 0.2) is 5.78 Å². The first kappa shape index (κ1) is 15.2. The summed E-state index contributed by atoms with van der Waals surface area (Å²) >= 11 is 1.28. The number of rotatable bonds is 3. The Hall–Kier alpha value is -1.69. The summed E-state index contributed by atoms with van der Waals surface area (Å²) in [5.41, 5.74) is 5.60. The Kier molecular flexibility index (Phi) is 3.22. The molecule has 2 fully saturated rings. The molecule has 2 heterocycles. The van der Waals surface area contributed by atoms with Crippen LogP contribution < -0.4 is 5.73 Å². The lowest BCUT2D eigenvalue weighted by atomic mass is 9.48. The lowest BCUT2D eigenvalue weighted by Gasteiger charge is -2.54. The minimum atomic E-state index is -0.571. The number of carbonyl (C=O) groups is 3. The molecule has 22 heavy (non-hydrogen) atoms. The molecule has 0 unspecified atom stereocenters. The molecule has 2 atom stereocenters. The second-order valence-corrected chi connectivity index (χ2v) is 8.09. The van der Waals surface area contributed by atoms with Crippen LogP contribution >= 0.6 is 11.3 Å². The smallest absolute Gasteiger partial charge is 0.254 e. The molecule has 1 aliphatic heterocycles. The van der Waals surface area contributed by atoms with Crippen molar-refractivity contribution in [3.05, 3.63) is 21.9 Å². The van der Waals surface area contributed by atoms with Gasteiger partial charge in [-0.05, 0) is 30.7 Å². The van der Waals surface area contributed by atoms with Crippen LogP contribution in [0.5, 0.6) is 0 Å². The molecule has 0 aromatic carbocycles. The Morgan fingerprint density at radius 3 is 2.50 bits per heavy atom. The van der Waals surface area contributed by atoms with E-state index in [1.54, 1.807) is 16.3 Å². The largest absolute Gasteiger partial charge is 0.369 e. The van der Waals surface area contributed by atoms with Crippen LogP contribution in [0.1, 0.15) is 47.2 Å². The first-order valence-corrected chi connectivity index (χ1v) is 8.24. The summed E-state index contributed by atoms with van der Waals surface area (Å²) in [4.78, 5) is 38.2. The second kappa shape index (κ2) is 4.65. The van der Waals surface area contributed by atoms with E-state index in [0.717, 1.165) is 6.42 Å². The van der Waals surface area contributed by atoms with Gasteiger partial charge in [-0.2, -0.15) is 0 Å². The summed E-state index contributed by atoms with van der Waals surface area (Å²) in [6.45, 7) is 6.66. The zero-order valence-electron chi connectivity index (χ0n) is 13.0. The molecule has 6 heteroatoms. The van der Waals surface area contributed by atoms with Crippen LogP contribution in [0.25, 0.3) is 0 Å². The van der Waals surface area contributed by atoms with Crippen molar-refractivity contribution in [1.29, 1.82) is 0 Å². The van der Waals surface area contributed by atoms with Gasteiger partial charge in [-0.25, -0.2) is 0 Å². The maximum absolute atomic E-state index is 12.6. The van der Waals surface area contributed by atoms with E-state index in [-0.39, 0.29) is 28.9 Å². The van der Waals surface area contributed by atoms with Crippen molar-refractivity contribution >= 4 is 28.9 Å². The van der Waals surface area contributed by atoms with Gasteiger partial charge < -0.3 is 10.6 Å². The van der Waals surface area contributed by atoms with Gasteiger partial charge in [0.05, 0.1) is 15.9 Å². The lowest BCUT2D eigenvalue weighted by molar-refractivity contribution is -0.148. The van der Waals surface area contributed by atoms with Crippen LogP contribution in [0, 0.1) is 16.7 Å². The molecule has 5 nitrogen and oxygen atoms in total. The maximum Gasteiger partial charge on any atom is 0.254 e. The lowest BCUT2D eigenvalue weighted by Crippen LogP contribution is -2.59. The van der Waals surface area contributed by atoms with E-state index in [2.05, 4.69) is 13.8 Å². The fraction of sp³-hybridized carbons (Fsp3) is 0.562. The maximum atomic E-state index is 12.6. The van der Waals surface area contributed by atoms with Gasteiger partial charge in [0.25, 0.3) is 5.91 Å². The molecular weight excluding hydrogens is 300 g/mol. The van der Waals surface area contributed by atoms with Crippen LogP contribution in [0.2, 0.25) is 0 Å². The van der Waals surface area contributed by atoms with Gasteiger partial charge in [-0.3, -0.25) is 14.4 Å². The zero-order valence-corrected chi connectivity index (χ0v) is 13.8. The molecule has 3 rings (SSSR count). The number of nitrogens with zero attached hydrogens (tertiary/aromatic N) is 1. The Morgan fingerprint density at radius 2 is 2.05 bits per heavy atom. The highest BCUT2D eigenvalue weighted by Crippen LogP contribution is 2.62. The molecule has 2 amide bonds. The molecule has 1 aromatic rings. The van der Waals surface area contributed by atoms with Gasteiger partial charge in [0, 0.05) is 18.5 Å². The quantitative estimate of drug-likeness (QED) is 0.864. The van der Waals surface area contributed by atoms with Crippen LogP contribution in [0.3, 0.4) is 0 Å². The van der Waals surface area contributed by atoms with Crippen LogP contribution in [-0.4, -0.2) is 35.6 Å². The Labute approximate surface area is 133 Å². The van der Waals surface area contributed by atoms with E-state index in [1.165, 1.54) is 18.3 Å². The number of Topliss-reactive ketones (excluding diaryl/α,β-unsaturated/α-hetero) is 1. The number of fused-ring (bicyclic) bond motifs is 1. The van der Waals surface area contributed by atoms with Gasteiger partial charge in [0.2, 0.25) is 5.91 Å². The van der Waals surface area contributed by atoms with E-state index in [4.69, 9.17) is 5.73 Å². The number of likely N-dealkylation sites (tertiary alicyclic amines) is 1.